The van der Waals surface area contributed by atoms with Gasteiger partial charge < -0.3 is 10.1 Å². The third kappa shape index (κ3) is 5.50. The number of imide groups is 1. The first kappa shape index (κ1) is 16.5. The third-order valence-electron chi connectivity index (χ3n) is 4.14. The van der Waals surface area contributed by atoms with E-state index in [4.69, 9.17) is 4.74 Å². The second-order valence-electron chi connectivity index (χ2n) is 5.95. The van der Waals surface area contributed by atoms with Crippen LogP contribution in [0.4, 0.5) is 4.79 Å². The van der Waals surface area contributed by atoms with E-state index in [1.165, 1.54) is 6.42 Å². The molecule has 2 rings (SSSR count). The van der Waals surface area contributed by atoms with E-state index in [9.17, 15) is 14.4 Å². The Hall–Kier alpha value is -1.85. The minimum Gasteiger partial charge on any atom is -0.455 e. The van der Waals surface area contributed by atoms with Crippen LogP contribution in [0.3, 0.4) is 0 Å². The SMILES string of the molecule is O=C(COC(=O)[C@H]1CC=CCC1)NC(=O)NC1CCCCC1. The molecule has 1 atom stereocenters. The highest BCUT2D eigenvalue weighted by molar-refractivity contribution is 5.95. The Morgan fingerprint density at radius 3 is 2.50 bits per heavy atom. The molecule has 6 nitrogen and oxygen atoms in total. The average molecular weight is 308 g/mol. The van der Waals surface area contributed by atoms with E-state index in [-0.39, 0.29) is 17.9 Å². The molecule has 1 fully saturated rings. The number of esters is 1. The molecule has 0 aromatic heterocycles. The van der Waals surface area contributed by atoms with Crippen LogP contribution in [0, 0.1) is 5.92 Å². The second kappa shape index (κ2) is 8.56. The molecule has 2 aliphatic rings. The van der Waals surface area contributed by atoms with Crippen molar-refractivity contribution in [3.63, 3.8) is 0 Å². The molecule has 0 heterocycles. The maximum atomic E-state index is 11.8. The van der Waals surface area contributed by atoms with Crippen LogP contribution in [0.25, 0.3) is 0 Å². The van der Waals surface area contributed by atoms with E-state index >= 15 is 0 Å². The fourth-order valence-electron chi connectivity index (χ4n) is 2.89. The molecule has 0 spiro atoms. The van der Waals surface area contributed by atoms with Crippen LogP contribution < -0.4 is 10.6 Å². The largest absolute Gasteiger partial charge is 0.455 e. The summed E-state index contributed by atoms with van der Waals surface area (Å²) in [4.78, 5) is 35.1. The van der Waals surface area contributed by atoms with Crippen molar-refractivity contribution in [2.24, 2.45) is 5.92 Å². The number of carbonyl (C=O) groups excluding carboxylic acids is 3. The van der Waals surface area contributed by atoms with Crippen molar-refractivity contribution in [1.29, 1.82) is 0 Å². The Labute approximate surface area is 130 Å². The summed E-state index contributed by atoms with van der Waals surface area (Å²) in [7, 11) is 0. The molecule has 2 aliphatic carbocycles. The Kier molecular flexibility index (Phi) is 6.43. The van der Waals surface area contributed by atoms with Gasteiger partial charge in [-0.15, -0.1) is 0 Å². The lowest BCUT2D eigenvalue weighted by Crippen LogP contribution is -2.46. The molecule has 0 radical (unpaired) electrons. The van der Waals surface area contributed by atoms with Gasteiger partial charge in [0.15, 0.2) is 6.61 Å². The van der Waals surface area contributed by atoms with Crippen LogP contribution in [0.15, 0.2) is 12.2 Å². The predicted octanol–water partition coefficient (Wildman–Crippen LogP) is 2.04. The van der Waals surface area contributed by atoms with Crippen LogP contribution in [0.2, 0.25) is 0 Å². The van der Waals surface area contributed by atoms with Crippen LogP contribution in [0.1, 0.15) is 51.4 Å². The topological polar surface area (TPSA) is 84.5 Å². The lowest BCUT2D eigenvalue weighted by molar-refractivity contribution is -0.152. The molecule has 0 saturated heterocycles. The molecule has 1 saturated carbocycles. The first-order valence-corrected chi connectivity index (χ1v) is 8.07. The van der Waals surface area contributed by atoms with Crippen molar-refractivity contribution < 1.29 is 19.1 Å². The van der Waals surface area contributed by atoms with Crippen LogP contribution in [0.5, 0.6) is 0 Å². The smallest absolute Gasteiger partial charge is 0.321 e. The predicted molar refractivity (Wildman–Crippen MR) is 81.0 cm³/mol. The zero-order valence-corrected chi connectivity index (χ0v) is 12.8. The van der Waals surface area contributed by atoms with Crippen molar-refractivity contribution in [2.75, 3.05) is 6.61 Å². The maximum Gasteiger partial charge on any atom is 0.321 e. The van der Waals surface area contributed by atoms with Crippen molar-refractivity contribution >= 4 is 17.9 Å². The number of ether oxygens (including phenoxy) is 1. The van der Waals surface area contributed by atoms with Gasteiger partial charge in [0.1, 0.15) is 0 Å². The summed E-state index contributed by atoms with van der Waals surface area (Å²) in [5.74, 6) is -1.13. The third-order valence-corrected chi connectivity index (χ3v) is 4.14. The summed E-state index contributed by atoms with van der Waals surface area (Å²) >= 11 is 0. The highest BCUT2D eigenvalue weighted by atomic mass is 16.5. The van der Waals surface area contributed by atoms with E-state index in [1.807, 2.05) is 12.2 Å². The molecule has 2 N–H and O–H groups in total. The van der Waals surface area contributed by atoms with Crippen molar-refractivity contribution in [3.05, 3.63) is 12.2 Å². The molecule has 6 heteroatoms. The molecular weight excluding hydrogens is 284 g/mol. The van der Waals surface area contributed by atoms with E-state index < -0.39 is 18.5 Å². The van der Waals surface area contributed by atoms with Gasteiger partial charge >= 0.3 is 12.0 Å². The van der Waals surface area contributed by atoms with Gasteiger partial charge in [0, 0.05) is 6.04 Å². The summed E-state index contributed by atoms with van der Waals surface area (Å²) in [5, 5.41) is 4.99. The van der Waals surface area contributed by atoms with Gasteiger partial charge in [0.2, 0.25) is 0 Å². The number of nitrogens with one attached hydrogen (secondary N) is 2. The van der Waals surface area contributed by atoms with Gasteiger partial charge in [-0.25, -0.2) is 4.79 Å². The molecule has 0 unspecified atom stereocenters. The average Bonchev–Trinajstić information content (AvgIpc) is 2.54. The normalized spacial score (nSPS) is 21.9. The zero-order chi connectivity index (χ0) is 15.8. The molecule has 0 aromatic rings. The van der Waals surface area contributed by atoms with Gasteiger partial charge in [-0.3, -0.25) is 14.9 Å². The number of hydrogen-bond donors (Lipinski definition) is 2. The summed E-state index contributed by atoms with van der Waals surface area (Å²) < 4.78 is 4.97. The monoisotopic (exact) mass is 308 g/mol. The van der Waals surface area contributed by atoms with Crippen LogP contribution >= 0.6 is 0 Å². The van der Waals surface area contributed by atoms with Gasteiger partial charge in [-0.1, -0.05) is 31.4 Å². The fourth-order valence-corrected chi connectivity index (χ4v) is 2.89. The first-order valence-electron chi connectivity index (χ1n) is 8.07. The van der Waals surface area contributed by atoms with Gasteiger partial charge in [-0.05, 0) is 32.1 Å². The summed E-state index contributed by atoms with van der Waals surface area (Å²) in [6, 6.07) is -0.369. The molecule has 122 valence electrons. The van der Waals surface area contributed by atoms with Crippen molar-refractivity contribution in [1.82, 2.24) is 10.6 Å². The number of urea groups is 1. The highest BCUT2D eigenvalue weighted by Crippen LogP contribution is 2.19. The summed E-state index contributed by atoms with van der Waals surface area (Å²) in [5.41, 5.74) is 0. The van der Waals surface area contributed by atoms with Crippen LogP contribution in [-0.4, -0.2) is 30.6 Å². The van der Waals surface area contributed by atoms with E-state index in [2.05, 4.69) is 10.6 Å². The lowest BCUT2D eigenvalue weighted by Gasteiger charge is -2.22. The van der Waals surface area contributed by atoms with Gasteiger partial charge in [0.05, 0.1) is 5.92 Å². The van der Waals surface area contributed by atoms with Crippen LogP contribution in [-0.2, 0) is 14.3 Å². The second-order valence-corrected chi connectivity index (χ2v) is 5.95. The number of allylic oxidation sites excluding steroid dienone is 2. The number of carbonyl (C=O) groups is 3. The minimum absolute atomic E-state index is 0.137. The Bertz CT molecular complexity index is 441. The summed E-state index contributed by atoms with van der Waals surface area (Å²) in [6.07, 6.45) is 11.6. The molecule has 0 bridgehead atoms. The van der Waals surface area contributed by atoms with Crippen molar-refractivity contribution in [2.45, 2.75) is 57.4 Å². The van der Waals surface area contributed by atoms with E-state index in [1.54, 1.807) is 0 Å². The standard InChI is InChI=1S/C16H24N2O4/c19-14(11-22-15(20)12-7-3-1-4-8-12)18-16(21)17-13-9-5-2-6-10-13/h1,3,12-13H,2,4-11H2,(H2,17,18,19,21)/t12-/m0/s1. The highest BCUT2D eigenvalue weighted by Gasteiger charge is 2.22. The van der Waals surface area contributed by atoms with Gasteiger partial charge in [-0.2, -0.15) is 0 Å². The summed E-state index contributed by atoms with van der Waals surface area (Å²) in [6.45, 7) is -0.406. The van der Waals surface area contributed by atoms with Crippen molar-refractivity contribution in [3.8, 4) is 0 Å². The number of amides is 3. The van der Waals surface area contributed by atoms with Gasteiger partial charge in [0.25, 0.3) is 5.91 Å². The zero-order valence-electron chi connectivity index (χ0n) is 12.8. The number of hydrogen-bond acceptors (Lipinski definition) is 4. The molecule has 0 aromatic carbocycles. The molecule has 0 aliphatic heterocycles. The molecular formula is C16H24N2O4. The molecule has 3 amide bonds. The fraction of sp³-hybridized carbons (Fsp3) is 0.688. The minimum atomic E-state index is -0.590. The van der Waals surface area contributed by atoms with E-state index in [0.29, 0.717) is 6.42 Å². The van der Waals surface area contributed by atoms with E-state index in [0.717, 1.165) is 38.5 Å². The lowest BCUT2D eigenvalue weighted by atomic mass is 9.95. The maximum absolute atomic E-state index is 11.8. The first-order chi connectivity index (χ1) is 10.6. The Morgan fingerprint density at radius 2 is 1.82 bits per heavy atom. The quantitative estimate of drug-likeness (QED) is 0.615. The number of rotatable bonds is 4. The Morgan fingerprint density at radius 1 is 1.05 bits per heavy atom. The Balaban J connectivity index is 1.63. The molecule has 22 heavy (non-hydrogen) atoms.